The monoisotopic (exact) mass is 512 g/mol. The van der Waals surface area contributed by atoms with Crippen LogP contribution in [0.3, 0.4) is 0 Å². The van der Waals surface area contributed by atoms with Gasteiger partial charge in [0.05, 0.1) is 13.7 Å². The molecule has 0 aromatic carbocycles. The Morgan fingerprint density at radius 3 is 2.57 bits per heavy atom. The maximum Gasteiger partial charge on any atom is 0.229 e. The molecule has 0 bridgehead atoms. The molecule has 3 heterocycles. The Morgan fingerprint density at radius 2 is 1.92 bits per heavy atom. The molecule has 0 unspecified atom stereocenters. The number of piperidine rings is 1. The molecular weight excluding hydrogens is 464 g/mol. The molecule has 37 heavy (non-hydrogen) atoms. The molecule has 2 saturated heterocycles. The molecule has 2 aliphatic rings. The second kappa shape index (κ2) is 13.3. The number of hydrogen-bond donors (Lipinski definition) is 3. The van der Waals surface area contributed by atoms with Crippen LogP contribution in [0.5, 0.6) is 0 Å². The Kier molecular flexibility index (Phi) is 10.4. The quantitative estimate of drug-likeness (QED) is 0.186. The first-order chi connectivity index (χ1) is 17.6. The lowest BCUT2D eigenvalue weighted by molar-refractivity contribution is 0.134. The lowest BCUT2D eigenvalue weighted by Crippen LogP contribution is -2.58. The van der Waals surface area contributed by atoms with E-state index in [2.05, 4.69) is 65.1 Å². The number of nitrogens with zero attached hydrogens (tertiary/aromatic N) is 3. The van der Waals surface area contributed by atoms with Crippen LogP contribution in [0.4, 0.5) is 11.8 Å². The van der Waals surface area contributed by atoms with E-state index in [4.69, 9.17) is 9.47 Å². The van der Waals surface area contributed by atoms with Crippen molar-refractivity contribution in [3.05, 3.63) is 48.2 Å². The third-order valence-electron chi connectivity index (χ3n) is 6.99. The predicted molar refractivity (Wildman–Crippen MR) is 152 cm³/mol. The molecule has 3 N–H and O–H groups in total. The molecule has 0 radical (unpaired) electrons. The number of anilines is 2. The van der Waals surface area contributed by atoms with E-state index in [1.54, 1.807) is 19.4 Å². The van der Waals surface area contributed by atoms with Crippen molar-refractivity contribution in [3.8, 4) is 0 Å². The van der Waals surface area contributed by atoms with Gasteiger partial charge < -0.3 is 30.3 Å². The molecule has 206 valence electrons. The highest BCUT2D eigenvalue weighted by Gasteiger charge is 2.37. The summed E-state index contributed by atoms with van der Waals surface area (Å²) in [5.74, 6) is 3.26. The van der Waals surface area contributed by atoms with Crippen molar-refractivity contribution in [2.75, 3.05) is 50.5 Å². The number of hydrogen-bond acceptors (Lipinski definition) is 8. The number of likely N-dealkylation sites (tertiary alicyclic amines) is 1. The van der Waals surface area contributed by atoms with Gasteiger partial charge in [-0.3, -0.25) is 0 Å². The minimum atomic E-state index is 0.123. The summed E-state index contributed by atoms with van der Waals surface area (Å²) in [6.45, 7) is 20.0. The first-order valence-corrected chi connectivity index (χ1v) is 13.7. The van der Waals surface area contributed by atoms with E-state index in [1.807, 2.05) is 19.1 Å². The summed E-state index contributed by atoms with van der Waals surface area (Å²) in [5, 5.41) is 10.5. The molecule has 1 aromatic rings. The van der Waals surface area contributed by atoms with Gasteiger partial charge in [0.15, 0.2) is 5.76 Å². The highest BCUT2D eigenvalue weighted by Crippen LogP contribution is 2.32. The standard InChI is InChI=1S/C29H48N6O2/c1-8-24(18-25(22(2)36-7)37-17-11-16-35-14-9-10-15-35)32-27-30-13-12-26(33-27)31-21-23-19-28(3,4)34-29(5,6)20-23/h8,12-13,18,23,34H,1,9-11,14-17,19-21H2,2-7H3,(H2,30,31,32,33)/b24-18+,25-22-. The average Bonchev–Trinajstić information content (AvgIpc) is 3.35. The molecule has 8 heteroatoms. The molecule has 0 amide bonds. The highest BCUT2D eigenvalue weighted by atomic mass is 16.5. The average molecular weight is 513 g/mol. The van der Waals surface area contributed by atoms with E-state index in [-0.39, 0.29) is 11.1 Å². The summed E-state index contributed by atoms with van der Waals surface area (Å²) in [4.78, 5) is 11.6. The van der Waals surface area contributed by atoms with Crippen molar-refractivity contribution in [1.82, 2.24) is 20.2 Å². The van der Waals surface area contributed by atoms with E-state index in [9.17, 15) is 0 Å². The smallest absolute Gasteiger partial charge is 0.229 e. The van der Waals surface area contributed by atoms with E-state index >= 15 is 0 Å². The molecular formula is C29H48N6O2. The summed E-state index contributed by atoms with van der Waals surface area (Å²) in [7, 11) is 1.65. The number of aromatic nitrogens is 2. The zero-order valence-electron chi connectivity index (χ0n) is 23.8. The van der Waals surface area contributed by atoms with Crippen LogP contribution in [-0.4, -0.2) is 65.8 Å². The Hall–Kier alpha value is -2.58. The van der Waals surface area contributed by atoms with Gasteiger partial charge in [0.2, 0.25) is 5.95 Å². The number of allylic oxidation sites excluding steroid dienone is 3. The molecule has 0 atom stereocenters. The van der Waals surface area contributed by atoms with Crippen LogP contribution in [-0.2, 0) is 9.47 Å². The summed E-state index contributed by atoms with van der Waals surface area (Å²) in [6.07, 6.45) is 11.2. The molecule has 0 spiro atoms. The third kappa shape index (κ3) is 9.67. The van der Waals surface area contributed by atoms with Crippen LogP contribution in [0.25, 0.3) is 0 Å². The van der Waals surface area contributed by atoms with Crippen LogP contribution in [0.15, 0.2) is 48.2 Å². The second-order valence-electron chi connectivity index (χ2n) is 11.6. The van der Waals surface area contributed by atoms with E-state index < -0.39 is 0 Å². The van der Waals surface area contributed by atoms with Gasteiger partial charge in [-0.05, 0) is 97.9 Å². The van der Waals surface area contributed by atoms with Gasteiger partial charge in [-0.25, -0.2) is 4.98 Å². The molecule has 0 aliphatic carbocycles. The first kappa shape index (κ1) is 29.0. The molecule has 1 aromatic heterocycles. The van der Waals surface area contributed by atoms with Crippen molar-refractivity contribution in [1.29, 1.82) is 0 Å². The Bertz CT molecular complexity index is 933. The first-order valence-electron chi connectivity index (χ1n) is 13.7. The molecule has 0 saturated carbocycles. The zero-order chi connectivity index (χ0) is 26.9. The van der Waals surface area contributed by atoms with Gasteiger partial charge in [-0.15, -0.1) is 0 Å². The normalized spacial score (nSPS) is 20.8. The Morgan fingerprint density at radius 1 is 1.22 bits per heavy atom. The molecule has 2 aliphatic heterocycles. The van der Waals surface area contributed by atoms with Gasteiger partial charge >= 0.3 is 0 Å². The minimum absolute atomic E-state index is 0.123. The van der Waals surface area contributed by atoms with Crippen molar-refractivity contribution in [2.24, 2.45) is 5.92 Å². The van der Waals surface area contributed by atoms with E-state index in [0.29, 0.717) is 30.0 Å². The van der Waals surface area contributed by atoms with E-state index in [0.717, 1.165) is 43.9 Å². The fraction of sp³-hybridized carbons (Fsp3) is 0.655. The fourth-order valence-electron chi connectivity index (χ4n) is 5.68. The van der Waals surface area contributed by atoms with E-state index in [1.165, 1.54) is 25.9 Å². The highest BCUT2D eigenvalue weighted by molar-refractivity contribution is 5.46. The predicted octanol–water partition coefficient (Wildman–Crippen LogP) is 5.31. The molecule has 3 rings (SSSR count). The van der Waals surface area contributed by atoms with Crippen LogP contribution in [0.1, 0.15) is 66.7 Å². The fourth-order valence-corrected chi connectivity index (χ4v) is 5.68. The van der Waals surface area contributed by atoms with Crippen molar-refractivity contribution < 1.29 is 9.47 Å². The summed E-state index contributed by atoms with van der Waals surface area (Å²) in [5.41, 5.74) is 0.987. The number of ether oxygens (including phenoxy) is 2. The number of methoxy groups -OCH3 is 1. The maximum atomic E-state index is 6.09. The minimum Gasteiger partial charge on any atom is -0.498 e. The van der Waals surface area contributed by atoms with Crippen LogP contribution in [0.2, 0.25) is 0 Å². The summed E-state index contributed by atoms with van der Waals surface area (Å²) >= 11 is 0. The Balaban J connectivity index is 1.58. The number of rotatable bonds is 13. The van der Waals surface area contributed by atoms with Gasteiger partial charge in [-0.2, -0.15) is 4.98 Å². The Labute approximate surface area is 224 Å². The van der Waals surface area contributed by atoms with Gasteiger partial charge in [0.25, 0.3) is 0 Å². The van der Waals surface area contributed by atoms with Gasteiger partial charge in [0.1, 0.15) is 11.6 Å². The number of nitrogens with one attached hydrogen (secondary N) is 3. The van der Waals surface area contributed by atoms with Gasteiger partial charge in [-0.1, -0.05) is 6.58 Å². The van der Waals surface area contributed by atoms with Crippen LogP contribution < -0.4 is 16.0 Å². The van der Waals surface area contributed by atoms with Crippen molar-refractivity contribution in [2.45, 2.75) is 77.8 Å². The molecule has 8 nitrogen and oxygen atoms in total. The van der Waals surface area contributed by atoms with Gasteiger partial charge in [0, 0.05) is 42.1 Å². The summed E-state index contributed by atoms with van der Waals surface area (Å²) < 4.78 is 11.6. The topological polar surface area (TPSA) is 83.6 Å². The zero-order valence-corrected chi connectivity index (χ0v) is 23.8. The maximum absolute atomic E-state index is 6.09. The van der Waals surface area contributed by atoms with Crippen molar-refractivity contribution in [3.63, 3.8) is 0 Å². The van der Waals surface area contributed by atoms with Crippen LogP contribution in [0, 0.1) is 5.92 Å². The SMILES string of the molecule is C=C/C(=C\C(OCCCN1CCCC1)=C(/C)OC)Nc1nccc(NCC2CC(C)(C)NC(C)(C)C2)n1. The second-order valence-corrected chi connectivity index (χ2v) is 11.6. The summed E-state index contributed by atoms with van der Waals surface area (Å²) in [6, 6.07) is 1.91. The lowest BCUT2D eigenvalue weighted by Gasteiger charge is -2.46. The molecule has 2 fully saturated rings. The van der Waals surface area contributed by atoms with Crippen LogP contribution >= 0.6 is 0 Å². The third-order valence-corrected chi connectivity index (χ3v) is 6.99. The lowest BCUT2D eigenvalue weighted by atomic mass is 9.76. The largest absolute Gasteiger partial charge is 0.498 e. The van der Waals surface area contributed by atoms with Crippen molar-refractivity contribution >= 4 is 11.8 Å².